The first-order valence-electron chi connectivity index (χ1n) is 45.4. The maximum absolute atomic E-state index is 13.2. The Morgan fingerprint density at radius 2 is 0.477 bits per heavy atom. The molecule has 19 heteroatoms. The van der Waals surface area contributed by atoms with Gasteiger partial charge in [0.1, 0.15) is 19.3 Å². The van der Waals surface area contributed by atoms with E-state index in [0.29, 0.717) is 25.7 Å². The van der Waals surface area contributed by atoms with Crippen LogP contribution in [0.15, 0.2) is 0 Å². The topological polar surface area (TPSA) is 237 Å². The molecule has 0 aromatic rings. The number of phosphoric ester groups is 2. The summed E-state index contributed by atoms with van der Waals surface area (Å²) < 4.78 is 69.0. The Hall–Kier alpha value is -1.94. The average molecular weight is 1560 g/mol. The van der Waals surface area contributed by atoms with Crippen molar-refractivity contribution in [1.29, 1.82) is 0 Å². The molecule has 0 aliphatic heterocycles. The lowest BCUT2D eigenvalue weighted by molar-refractivity contribution is -0.161. The van der Waals surface area contributed by atoms with E-state index < -0.39 is 97.5 Å². The van der Waals surface area contributed by atoms with E-state index in [0.717, 1.165) is 108 Å². The minimum absolute atomic E-state index is 0.107. The second-order valence-corrected chi connectivity index (χ2v) is 35.7. The first-order chi connectivity index (χ1) is 51.8. The summed E-state index contributed by atoms with van der Waals surface area (Å²) in [6.45, 7) is 12.0. The van der Waals surface area contributed by atoms with Gasteiger partial charge < -0.3 is 33.8 Å². The lowest BCUT2D eigenvalue weighted by Crippen LogP contribution is -2.30. The van der Waals surface area contributed by atoms with Crippen LogP contribution in [0.2, 0.25) is 0 Å². The highest BCUT2D eigenvalue weighted by Crippen LogP contribution is 2.45. The molecule has 0 aliphatic rings. The smallest absolute Gasteiger partial charge is 0.462 e. The van der Waals surface area contributed by atoms with E-state index in [1.807, 2.05) is 0 Å². The second-order valence-electron chi connectivity index (χ2n) is 32.8. The molecule has 0 aliphatic carbocycles. The number of hydrogen-bond acceptors (Lipinski definition) is 15. The molecule has 6 atom stereocenters. The number of rotatable bonds is 86. The lowest BCUT2D eigenvalue weighted by atomic mass is 9.99. The molecule has 0 rings (SSSR count). The van der Waals surface area contributed by atoms with Gasteiger partial charge in [-0.05, 0) is 43.4 Å². The number of phosphoric acid groups is 2. The Balaban J connectivity index is 5.24. The molecule has 0 saturated carbocycles. The van der Waals surface area contributed by atoms with E-state index in [4.69, 9.17) is 37.0 Å². The molecule has 0 saturated heterocycles. The first-order valence-corrected chi connectivity index (χ1v) is 48.4. The Bertz CT molecular complexity index is 2060. The molecular formula is C88H172O17P2. The highest BCUT2D eigenvalue weighted by Gasteiger charge is 2.31. The van der Waals surface area contributed by atoms with Gasteiger partial charge >= 0.3 is 39.5 Å². The van der Waals surface area contributed by atoms with Gasteiger partial charge in [-0.15, -0.1) is 0 Å². The van der Waals surface area contributed by atoms with Crippen molar-refractivity contribution in [3.63, 3.8) is 0 Å². The van der Waals surface area contributed by atoms with Gasteiger partial charge in [-0.3, -0.25) is 37.3 Å². The van der Waals surface area contributed by atoms with Gasteiger partial charge in [0.25, 0.3) is 0 Å². The quantitative estimate of drug-likeness (QED) is 0.0222. The van der Waals surface area contributed by atoms with E-state index in [1.165, 1.54) is 276 Å². The number of carbonyl (C=O) groups excluding carboxylic acids is 4. The Morgan fingerprint density at radius 3 is 0.710 bits per heavy atom. The third-order valence-corrected chi connectivity index (χ3v) is 22.9. The summed E-state index contributed by atoms with van der Waals surface area (Å²) in [5, 5.41) is 10.7. The zero-order valence-electron chi connectivity index (χ0n) is 70.6. The van der Waals surface area contributed by atoms with Gasteiger partial charge in [0, 0.05) is 25.7 Å². The van der Waals surface area contributed by atoms with Crippen molar-refractivity contribution < 1.29 is 80.2 Å². The van der Waals surface area contributed by atoms with Crippen LogP contribution in [0.1, 0.15) is 466 Å². The molecule has 0 bridgehead atoms. The van der Waals surface area contributed by atoms with E-state index in [9.17, 15) is 43.2 Å². The van der Waals surface area contributed by atoms with E-state index in [2.05, 4.69) is 48.5 Å². The molecule has 3 unspecified atom stereocenters. The number of aliphatic hydroxyl groups is 1. The van der Waals surface area contributed by atoms with E-state index in [1.54, 1.807) is 0 Å². The highest BCUT2D eigenvalue weighted by atomic mass is 31.2. The third-order valence-electron chi connectivity index (χ3n) is 21.0. The first kappa shape index (κ1) is 105. The normalized spacial score (nSPS) is 14.1. The molecule has 17 nitrogen and oxygen atoms in total. The van der Waals surface area contributed by atoms with Crippen LogP contribution < -0.4 is 0 Å². The predicted octanol–water partition coefficient (Wildman–Crippen LogP) is 26.9. The fourth-order valence-electron chi connectivity index (χ4n) is 13.7. The number of esters is 4. The van der Waals surface area contributed by atoms with Crippen LogP contribution in [0.25, 0.3) is 0 Å². The minimum atomic E-state index is -4.97. The zero-order chi connectivity index (χ0) is 78.6. The van der Waals surface area contributed by atoms with Crippen LogP contribution in [-0.2, 0) is 65.4 Å². The summed E-state index contributed by atoms with van der Waals surface area (Å²) >= 11 is 0. The van der Waals surface area contributed by atoms with Gasteiger partial charge in [-0.1, -0.05) is 414 Å². The summed E-state index contributed by atoms with van der Waals surface area (Å²) in [6.07, 6.45) is 69.4. The lowest BCUT2D eigenvalue weighted by Gasteiger charge is -2.21. The fraction of sp³-hybridized carbons (Fsp3) is 0.955. The molecule has 107 heavy (non-hydrogen) atoms. The van der Waals surface area contributed by atoms with Gasteiger partial charge in [0.05, 0.1) is 26.4 Å². The SMILES string of the molecule is CCCCCCCCCCCCCCCCCCCCCCCC(=O)O[C@H](COC(=O)CCCCCCCCCCCCCCCCC(C)CC)COP(=O)(O)OC[C@@H](O)COP(=O)(O)OC[C@@H](COC(=O)CCCCCCCCCCC(C)C)OC(=O)CCCCCCCCCCCCCCCCC(C)C. The number of carbonyl (C=O) groups is 4. The van der Waals surface area contributed by atoms with Crippen molar-refractivity contribution in [3.05, 3.63) is 0 Å². The molecule has 0 spiro atoms. The van der Waals surface area contributed by atoms with Crippen molar-refractivity contribution in [2.75, 3.05) is 39.6 Å². The van der Waals surface area contributed by atoms with Crippen LogP contribution >= 0.6 is 15.6 Å². The number of hydrogen-bond donors (Lipinski definition) is 3. The predicted molar refractivity (Wildman–Crippen MR) is 441 cm³/mol. The van der Waals surface area contributed by atoms with Crippen LogP contribution in [-0.4, -0.2) is 96.7 Å². The molecule has 3 N–H and O–H groups in total. The second kappa shape index (κ2) is 78.0. The maximum atomic E-state index is 13.2. The van der Waals surface area contributed by atoms with Gasteiger partial charge in [0.15, 0.2) is 12.2 Å². The van der Waals surface area contributed by atoms with Crippen LogP contribution in [0.3, 0.4) is 0 Å². The molecule has 0 radical (unpaired) electrons. The van der Waals surface area contributed by atoms with Crippen molar-refractivity contribution in [2.45, 2.75) is 484 Å². The zero-order valence-corrected chi connectivity index (χ0v) is 72.4. The Kier molecular flexibility index (Phi) is 76.6. The van der Waals surface area contributed by atoms with Gasteiger partial charge in [0.2, 0.25) is 0 Å². The molecule has 0 aromatic heterocycles. The molecular weight excluding hydrogens is 1390 g/mol. The minimum Gasteiger partial charge on any atom is -0.462 e. The molecule has 0 heterocycles. The summed E-state index contributed by atoms with van der Waals surface area (Å²) in [4.78, 5) is 73.3. The van der Waals surface area contributed by atoms with Gasteiger partial charge in [-0.2, -0.15) is 0 Å². The monoisotopic (exact) mass is 1560 g/mol. The highest BCUT2D eigenvalue weighted by molar-refractivity contribution is 7.47. The van der Waals surface area contributed by atoms with Crippen LogP contribution in [0.4, 0.5) is 0 Å². The summed E-state index contributed by atoms with van der Waals surface area (Å²) in [5.41, 5.74) is 0. The van der Waals surface area contributed by atoms with Crippen LogP contribution in [0.5, 0.6) is 0 Å². The van der Waals surface area contributed by atoms with Crippen molar-refractivity contribution >= 4 is 39.5 Å². The maximum Gasteiger partial charge on any atom is 0.472 e. The van der Waals surface area contributed by atoms with E-state index >= 15 is 0 Å². The number of aliphatic hydroxyl groups excluding tert-OH is 1. The number of unbranched alkanes of at least 4 members (excludes halogenated alkanes) is 53. The summed E-state index contributed by atoms with van der Waals surface area (Å²) in [7, 11) is -9.93. The third kappa shape index (κ3) is 80.5. The van der Waals surface area contributed by atoms with Crippen LogP contribution in [0, 0.1) is 17.8 Å². The van der Waals surface area contributed by atoms with Crippen molar-refractivity contribution in [3.8, 4) is 0 Å². The van der Waals surface area contributed by atoms with Gasteiger partial charge in [-0.25, -0.2) is 9.13 Å². The standard InChI is InChI=1S/C88H172O17P2/c1-8-10-11-12-13-14-15-16-17-18-19-20-21-22-23-31-36-41-50-57-64-71-87(92)104-83(75-98-85(90)69-62-55-48-40-35-30-27-25-29-34-39-47-54-61-68-81(7)9-2)77-102-106(94,95)100-73-82(89)74-101-107(96,97)103-78-84(76-99-86(91)70-63-56-49-44-43-46-53-60-67-80(5)6)105-88(93)72-65-58-51-42-37-32-26-24-28-33-38-45-52-59-66-79(3)4/h79-84,89H,8-78H2,1-7H3,(H,94,95)(H,96,97)/t81?,82-,83-,84-/m1/s1. The molecule has 0 fully saturated rings. The van der Waals surface area contributed by atoms with Crippen molar-refractivity contribution in [1.82, 2.24) is 0 Å². The average Bonchev–Trinajstić information content (AvgIpc) is 0.908. The largest absolute Gasteiger partial charge is 0.472 e. The van der Waals surface area contributed by atoms with E-state index in [-0.39, 0.29) is 25.7 Å². The van der Waals surface area contributed by atoms with Crippen molar-refractivity contribution in [2.24, 2.45) is 17.8 Å². The molecule has 0 amide bonds. The molecule has 0 aromatic carbocycles. The molecule has 636 valence electrons. The Morgan fingerprint density at radius 1 is 0.271 bits per heavy atom. The Labute approximate surface area is 658 Å². The summed E-state index contributed by atoms with van der Waals surface area (Å²) in [5.74, 6) is 0.268. The summed E-state index contributed by atoms with van der Waals surface area (Å²) in [6, 6.07) is 0. The number of ether oxygens (including phenoxy) is 4. The fourth-order valence-corrected chi connectivity index (χ4v) is 15.3.